The maximum atomic E-state index is 10.9. The molecule has 1 aromatic carbocycles. The first-order valence-corrected chi connectivity index (χ1v) is 6.12. The number of allylic oxidation sites excluding steroid dienone is 1. The lowest BCUT2D eigenvalue weighted by Gasteiger charge is -2.14. The number of amides is 1. The van der Waals surface area contributed by atoms with E-state index < -0.39 is 11.9 Å². The standard InChI is InChI=1S/C14H20N2O3/c1-3-5-10-8-11(18-4-2)6-7-13(10)19-9-12(15)14(16)17/h3,6-8,12H,1,4-5,9,15H2,2H3,(H2,16,17). The Morgan fingerprint density at radius 3 is 2.79 bits per heavy atom. The van der Waals surface area contributed by atoms with Crippen LogP contribution in [0.4, 0.5) is 0 Å². The fraction of sp³-hybridized carbons (Fsp3) is 0.357. The summed E-state index contributed by atoms with van der Waals surface area (Å²) in [4.78, 5) is 10.9. The Labute approximate surface area is 113 Å². The second-order valence-corrected chi connectivity index (χ2v) is 4.02. The first-order valence-electron chi connectivity index (χ1n) is 6.12. The highest BCUT2D eigenvalue weighted by Gasteiger charge is 2.11. The summed E-state index contributed by atoms with van der Waals surface area (Å²) in [6.07, 6.45) is 2.41. The van der Waals surface area contributed by atoms with Gasteiger partial charge in [-0.2, -0.15) is 0 Å². The molecule has 0 bridgehead atoms. The van der Waals surface area contributed by atoms with E-state index in [-0.39, 0.29) is 6.61 Å². The highest BCUT2D eigenvalue weighted by atomic mass is 16.5. The van der Waals surface area contributed by atoms with E-state index in [0.717, 1.165) is 11.3 Å². The third kappa shape index (κ3) is 4.63. The van der Waals surface area contributed by atoms with E-state index in [1.807, 2.05) is 13.0 Å². The van der Waals surface area contributed by atoms with Crippen LogP contribution in [0.5, 0.6) is 11.5 Å². The summed E-state index contributed by atoms with van der Waals surface area (Å²) in [5.41, 5.74) is 11.5. The number of carbonyl (C=O) groups excluding carboxylic acids is 1. The Morgan fingerprint density at radius 1 is 1.47 bits per heavy atom. The van der Waals surface area contributed by atoms with Gasteiger partial charge in [0.25, 0.3) is 0 Å². The van der Waals surface area contributed by atoms with Crippen molar-refractivity contribution in [2.75, 3.05) is 13.2 Å². The third-order valence-electron chi connectivity index (χ3n) is 2.49. The molecule has 1 atom stereocenters. The van der Waals surface area contributed by atoms with Crippen molar-refractivity contribution >= 4 is 5.91 Å². The number of carbonyl (C=O) groups is 1. The lowest BCUT2D eigenvalue weighted by molar-refractivity contribution is -0.119. The SMILES string of the molecule is C=CCc1cc(OCC)ccc1OCC(N)C(N)=O. The van der Waals surface area contributed by atoms with Crippen molar-refractivity contribution in [2.45, 2.75) is 19.4 Å². The minimum atomic E-state index is -0.817. The van der Waals surface area contributed by atoms with Gasteiger partial charge in [0.2, 0.25) is 5.91 Å². The molecule has 0 radical (unpaired) electrons. The van der Waals surface area contributed by atoms with Crippen molar-refractivity contribution in [3.63, 3.8) is 0 Å². The van der Waals surface area contributed by atoms with Crippen LogP contribution < -0.4 is 20.9 Å². The molecular weight excluding hydrogens is 244 g/mol. The first-order chi connectivity index (χ1) is 9.08. The second kappa shape index (κ2) is 7.43. The zero-order valence-corrected chi connectivity index (χ0v) is 11.1. The van der Waals surface area contributed by atoms with Crippen LogP contribution >= 0.6 is 0 Å². The van der Waals surface area contributed by atoms with Crippen LogP contribution in [0, 0.1) is 0 Å². The van der Waals surface area contributed by atoms with E-state index in [0.29, 0.717) is 18.8 Å². The largest absolute Gasteiger partial charge is 0.494 e. The quantitative estimate of drug-likeness (QED) is 0.686. The molecule has 0 spiro atoms. The van der Waals surface area contributed by atoms with Crippen molar-refractivity contribution < 1.29 is 14.3 Å². The molecule has 0 aliphatic heterocycles. The Kier molecular flexibility index (Phi) is 5.89. The van der Waals surface area contributed by atoms with E-state index in [9.17, 15) is 4.79 Å². The molecule has 104 valence electrons. The van der Waals surface area contributed by atoms with E-state index >= 15 is 0 Å². The van der Waals surface area contributed by atoms with E-state index in [1.165, 1.54) is 0 Å². The van der Waals surface area contributed by atoms with Gasteiger partial charge in [0, 0.05) is 5.56 Å². The molecule has 0 aliphatic carbocycles. The summed E-state index contributed by atoms with van der Waals surface area (Å²) in [5, 5.41) is 0. The van der Waals surface area contributed by atoms with Crippen molar-refractivity contribution in [2.24, 2.45) is 11.5 Å². The topological polar surface area (TPSA) is 87.6 Å². The molecule has 1 unspecified atom stereocenters. The number of ether oxygens (including phenoxy) is 2. The second-order valence-electron chi connectivity index (χ2n) is 4.02. The summed E-state index contributed by atoms with van der Waals surface area (Å²) in [6.45, 7) is 6.27. The van der Waals surface area contributed by atoms with Crippen LogP contribution in [0.1, 0.15) is 12.5 Å². The third-order valence-corrected chi connectivity index (χ3v) is 2.49. The normalized spacial score (nSPS) is 11.7. The van der Waals surface area contributed by atoms with Crippen LogP contribution in [0.25, 0.3) is 0 Å². The van der Waals surface area contributed by atoms with Crippen LogP contribution in [-0.2, 0) is 11.2 Å². The van der Waals surface area contributed by atoms with Gasteiger partial charge in [-0.3, -0.25) is 4.79 Å². The molecular formula is C14H20N2O3. The number of hydrogen-bond acceptors (Lipinski definition) is 4. The van der Waals surface area contributed by atoms with Gasteiger partial charge in [0.05, 0.1) is 6.61 Å². The smallest absolute Gasteiger partial charge is 0.237 e. The van der Waals surface area contributed by atoms with Gasteiger partial charge in [0.15, 0.2) is 0 Å². The van der Waals surface area contributed by atoms with Crippen LogP contribution in [0.3, 0.4) is 0 Å². The summed E-state index contributed by atoms with van der Waals surface area (Å²) < 4.78 is 10.9. The maximum absolute atomic E-state index is 10.9. The Hall–Kier alpha value is -2.01. The van der Waals surface area contributed by atoms with Crippen molar-refractivity contribution in [3.8, 4) is 11.5 Å². The zero-order chi connectivity index (χ0) is 14.3. The van der Waals surface area contributed by atoms with E-state index in [1.54, 1.807) is 18.2 Å². The Bertz CT molecular complexity index is 446. The minimum Gasteiger partial charge on any atom is -0.494 e. The number of hydrogen-bond donors (Lipinski definition) is 2. The first kappa shape index (κ1) is 15.0. The number of nitrogens with two attached hydrogens (primary N) is 2. The predicted octanol–water partition coefficient (Wildman–Crippen LogP) is 1.01. The van der Waals surface area contributed by atoms with Gasteiger partial charge in [-0.05, 0) is 31.5 Å². The average molecular weight is 264 g/mol. The van der Waals surface area contributed by atoms with Crippen molar-refractivity contribution in [1.29, 1.82) is 0 Å². The highest BCUT2D eigenvalue weighted by Crippen LogP contribution is 2.25. The summed E-state index contributed by atoms with van der Waals surface area (Å²) >= 11 is 0. The summed E-state index contributed by atoms with van der Waals surface area (Å²) in [5.74, 6) is 0.835. The summed E-state index contributed by atoms with van der Waals surface area (Å²) in [7, 11) is 0. The molecule has 1 rings (SSSR count). The van der Waals surface area contributed by atoms with E-state index in [2.05, 4.69) is 6.58 Å². The number of primary amides is 1. The fourth-order valence-electron chi connectivity index (χ4n) is 1.53. The van der Waals surface area contributed by atoms with Gasteiger partial charge in [-0.25, -0.2) is 0 Å². The minimum absolute atomic E-state index is 0.0491. The lowest BCUT2D eigenvalue weighted by atomic mass is 10.1. The number of benzene rings is 1. The molecule has 0 aromatic heterocycles. The summed E-state index contributed by atoms with van der Waals surface area (Å²) in [6, 6.07) is 4.66. The Morgan fingerprint density at radius 2 is 2.21 bits per heavy atom. The molecule has 5 heteroatoms. The molecule has 0 heterocycles. The molecule has 1 amide bonds. The monoisotopic (exact) mass is 264 g/mol. The van der Waals surface area contributed by atoms with E-state index in [4.69, 9.17) is 20.9 Å². The molecule has 0 aliphatic rings. The van der Waals surface area contributed by atoms with Crippen molar-refractivity contribution in [1.82, 2.24) is 0 Å². The Balaban J connectivity index is 2.80. The van der Waals surface area contributed by atoms with Crippen LogP contribution in [0.15, 0.2) is 30.9 Å². The van der Waals surface area contributed by atoms with Gasteiger partial charge < -0.3 is 20.9 Å². The van der Waals surface area contributed by atoms with Gasteiger partial charge in [-0.15, -0.1) is 6.58 Å². The molecule has 0 fully saturated rings. The van der Waals surface area contributed by atoms with Crippen LogP contribution in [0.2, 0.25) is 0 Å². The van der Waals surface area contributed by atoms with Gasteiger partial charge in [-0.1, -0.05) is 6.08 Å². The van der Waals surface area contributed by atoms with Crippen molar-refractivity contribution in [3.05, 3.63) is 36.4 Å². The molecule has 0 saturated carbocycles. The maximum Gasteiger partial charge on any atom is 0.237 e. The average Bonchev–Trinajstić information content (AvgIpc) is 2.38. The molecule has 0 saturated heterocycles. The number of rotatable bonds is 8. The van der Waals surface area contributed by atoms with Gasteiger partial charge in [0.1, 0.15) is 24.1 Å². The molecule has 4 N–H and O–H groups in total. The molecule has 1 aromatic rings. The predicted molar refractivity (Wildman–Crippen MR) is 74.2 cm³/mol. The molecule has 5 nitrogen and oxygen atoms in total. The van der Waals surface area contributed by atoms with Gasteiger partial charge >= 0.3 is 0 Å². The fourth-order valence-corrected chi connectivity index (χ4v) is 1.53. The zero-order valence-electron chi connectivity index (χ0n) is 11.1. The lowest BCUT2D eigenvalue weighted by Crippen LogP contribution is -2.41. The van der Waals surface area contributed by atoms with Crippen LogP contribution in [-0.4, -0.2) is 25.2 Å². The highest BCUT2D eigenvalue weighted by molar-refractivity contribution is 5.79. The molecule has 19 heavy (non-hydrogen) atoms.